The van der Waals surface area contributed by atoms with E-state index in [2.05, 4.69) is 16.2 Å². The van der Waals surface area contributed by atoms with Crippen molar-refractivity contribution in [2.45, 2.75) is 12.5 Å². The molecule has 0 aliphatic heterocycles. The molecule has 4 nitrogen and oxygen atoms in total. The summed E-state index contributed by atoms with van der Waals surface area (Å²) < 4.78 is 0. The van der Waals surface area contributed by atoms with E-state index in [9.17, 15) is 4.79 Å². The summed E-state index contributed by atoms with van der Waals surface area (Å²) in [5.74, 6) is 3.89. The van der Waals surface area contributed by atoms with Crippen LogP contribution in [0.25, 0.3) is 10.9 Å². The van der Waals surface area contributed by atoms with Gasteiger partial charge in [-0.1, -0.05) is 24.1 Å². The number of hydrogen-bond acceptors (Lipinski definition) is 3. The highest BCUT2D eigenvalue weighted by Gasteiger charge is 2.15. The Labute approximate surface area is 128 Å². The Kier molecular flexibility index (Phi) is 5.73. The van der Waals surface area contributed by atoms with Crippen molar-refractivity contribution in [1.29, 1.82) is 0 Å². The summed E-state index contributed by atoms with van der Waals surface area (Å²) in [6.07, 6.45) is 7.60. The molecule has 110 valence electrons. The zero-order chi connectivity index (χ0) is 15.1. The molecule has 0 unspecified atom stereocenters. The number of aromatic nitrogens is 1. The number of H-pyrrole nitrogens is 1. The Hall–Kier alpha value is -1.90. The Morgan fingerprint density at radius 3 is 3.10 bits per heavy atom. The third-order valence-corrected chi connectivity index (χ3v) is 4.05. The molecular weight excluding hydrogens is 282 g/mol. The maximum atomic E-state index is 11.9. The molecule has 1 atom stereocenters. The van der Waals surface area contributed by atoms with E-state index in [1.165, 1.54) is 0 Å². The van der Waals surface area contributed by atoms with Crippen LogP contribution in [-0.2, 0) is 11.2 Å². The smallest absolute Gasteiger partial charge is 0.237 e. The Bertz CT molecular complexity index is 644. The Balaban J connectivity index is 1.85. The number of terminal acetylenes is 1. The molecule has 21 heavy (non-hydrogen) atoms. The maximum Gasteiger partial charge on any atom is 0.237 e. The quantitative estimate of drug-likeness (QED) is 0.536. The molecule has 2 aromatic rings. The van der Waals surface area contributed by atoms with Crippen LogP contribution in [0.2, 0.25) is 0 Å². The normalized spacial score (nSPS) is 12.0. The predicted octanol–water partition coefficient (Wildman–Crippen LogP) is 1.52. The second-order valence-electron chi connectivity index (χ2n) is 4.72. The van der Waals surface area contributed by atoms with Crippen molar-refractivity contribution in [3.8, 4) is 12.3 Å². The van der Waals surface area contributed by atoms with Crippen LogP contribution >= 0.6 is 11.8 Å². The number of nitrogens with one attached hydrogen (secondary N) is 2. The van der Waals surface area contributed by atoms with Gasteiger partial charge in [0.2, 0.25) is 5.91 Å². The highest BCUT2D eigenvalue weighted by atomic mass is 32.2. The van der Waals surface area contributed by atoms with E-state index < -0.39 is 6.04 Å². The second-order valence-corrected chi connectivity index (χ2v) is 5.82. The minimum absolute atomic E-state index is 0.124. The molecular formula is C16H19N3OS. The number of aromatic amines is 1. The lowest BCUT2D eigenvalue weighted by Gasteiger charge is -2.11. The molecule has 0 fully saturated rings. The van der Waals surface area contributed by atoms with Crippen LogP contribution in [0.5, 0.6) is 0 Å². The molecule has 0 saturated carbocycles. The third-order valence-electron chi connectivity index (χ3n) is 3.18. The first-order valence-electron chi connectivity index (χ1n) is 6.82. The van der Waals surface area contributed by atoms with Gasteiger partial charge in [0.1, 0.15) is 0 Å². The van der Waals surface area contributed by atoms with Crippen molar-refractivity contribution in [3.05, 3.63) is 36.0 Å². The minimum atomic E-state index is -0.540. The predicted molar refractivity (Wildman–Crippen MR) is 89.1 cm³/mol. The van der Waals surface area contributed by atoms with Gasteiger partial charge in [-0.25, -0.2) is 0 Å². The van der Waals surface area contributed by atoms with Crippen molar-refractivity contribution in [1.82, 2.24) is 10.3 Å². The molecule has 1 amide bonds. The lowest BCUT2D eigenvalue weighted by atomic mass is 10.1. The first kappa shape index (κ1) is 15.5. The van der Waals surface area contributed by atoms with Crippen molar-refractivity contribution >= 4 is 28.6 Å². The van der Waals surface area contributed by atoms with Crippen LogP contribution < -0.4 is 11.1 Å². The van der Waals surface area contributed by atoms with Crippen LogP contribution in [0.1, 0.15) is 5.56 Å². The van der Waals surface area contributed by atoms with Gasteiger partial charge in [-0.05, 0) is 18.1 Å². The van der Waals surface area contributed by atoms with Crippen LogP contribution in [0.4, 0.5) is 0 Å². The molecule has 4 N–H and O–H groups in total. The summed E-state index contributed by atoms with van der Waals surface area (Å²) in [5.41, 5.74) is 8.10. The molecule has 0 spiro atoms. The fourth-order valence-corrected chi connectivity index (χ4v) is 2.65. The van der Waals surface area contributed by atoms with E-state index in [0.717, 1.165) is 22.2 Å². The zero-order valence-electron chi connectivity index (χ0n) is 11.8. The first-order valence-corrected chi connectivity index (χ1v) is 7.97. The van der Waals surface area contributed by atoms with Crippen molar-refractivity contribution in [2.75, 3.05) is 18.1 Å². The number of nitrogens with two attached hydrogens (primary N) is 1. The van der Waals surface area contributed by atoms with Gasteiger partial charge in [-0.3, -0.25) is 4.79 Å². The van der Waals surface area contributed by atoms with E-state index >= 15 is 0 Å². The largest absolute Gasteiger partial charge is 0.361 e. The topological polar surface area (TPSA) is 70.9 Å². The third kappa shape index (κ3) is 4.28. The summed E-state index contributed by atoms with van der Waals surface area (Å²) in [5, 5.41) is 3.95. The number of fused-ring (bicyclic) bond motifs is 1. The molecule has 1 aromatic heterocycles. The minimum Gasteiger partial charge on any atom is -0.361 e. The fourth-order valence-electron chi connectivity index (χ4n) is 2.14. The van der Waals surface area contributed by atoms with E-state index in [-0.39, 0.29) is 5.91 Å². The lowest BCUT2D eigenvalue weighted by molar-refractivity contribution is -0.122. The number of carbonyl (C=O) groups is 1. The summed E-state index contributed by atoms with van der Waals surface area (Å²) in [7, 11) is 0. The number of thioether (sulfide) groups is 1. The molecule has 0 radical (unpaired) electrons. The summed E-state index contributed by atoms with van der Waals surface area (Å²) in [6.45, 7) is 0.590. The van der Waals surface area contributed by atoms with Crippen LogP contribution in [0, 0.1) is 12.3 Å². The Morgan fingerprint density at radius 2 is 2.29 bits per heavy atom. The highest BCUT2D eigenvalue weighted by molar-refractivity contribution is 7.99. The molecule has 0 saturated heterocycles. The molecule has 0 aliphatic rings. The fraction of sp³-hybridized carbons (Fsp3) is 0.312. The van der Waals surface area contributed by atoms with E-state index in [1.54, 1.807) is 11.8 Å². The maximum absolute atomic E-state index is 11.9. The van der Waals surface area contributed by atoms with Gasteiger partial charge in [0.05, 0.1) is 11.8 Å². The first-order chi connectivity index (χ1) is 10.2. The molecule has 2 rings (SSSR count). The second kappa shape index (κ2) is 7.77. The van der Waals surface area contributed by atoms with Gasteiger partial charge in [0, 0.05) is 29.4 Å². The molecule has 5 heteroatoms. The van der Waals surface area contributed by atoms with Crippen molar-refractivity contribution in [3.63, 3.8) is 0 Å². The van der Waals surface area contributed by atoms with Gasteiger partial charge in [0.15, 0.2) is 0 Å². The van der Waals surface area contributed by atoms with E-state index in [1.807, 2.05) is 30.5 Å². The number of para-hydroxylation sites is 1. The number of amides is 1. The van der Waals surface area contributed by atoms with Gasteiger partial charge in [0.25, 0.3) is 0 Å². The van der Waals surface area contributed by atoms with E-state index in [0.29, 0.717) is 18.7 Å². The zero-order valence-corrected chi connectivity index (χ0v) is 12.6. The number of rotatable bonds is 7. The average Bonchev–Trinajstić information content (AvgIpc) is 2.90. The van der Waals surface area contributed by atoms with Crippen molar-refractivity contribution in [2.24, 2.45) is 5.73 Å². The average molecular weight is 301 g/mol. The molecule has 0 aliphatic carbocycles. The molecule has 1 heterocycles. The van der Waals surface area contributed by atoms with Crippen LogP contribution in [0.15, 0.2) is 30.5 Å². The summed E-state index contributed by atoms with van der Waals surface area (Å²) in [4.78, 5) is 15.1. The summed E-state index contributed by atoms with van der Waals surface area (Å²) in [6, 6.07) is 7.45. The van der Waals surface area contributed by atoms with Crippen LogP contribution in [-0.4, -0.2) is 35.0 Å². The van der Waals surface area contributed by atoms with Gasteiger partial charge >= 0.3 is 0 Å². The summed E-state index contributed by atoms with van der Waals surface area (Å²) >= 11 is 1.62. The number of benzene rings is 1. The molecule has 1 aromatic carbocycles. The highest BCUT2D eigenvalue weighted by Crippen LogP contribution is 2.18. The van der Waals surface area contributed by atoms with Gasteiger partial charge < -0.3 is 16.0 Å². The van der Waals surface area contributed by atoms with Crippen molar-refractivity contribution < 1.29 is 4.79 Å². The Morgan fingerprint density at radius 1 is 1.48 bits per heavy atom. The van der Waals surface area contributed by atoms with Gasteiger partial charge in [-0.2, -0.15) is 0 Å². The van der Waals surface area contributed by atoms with Crippen LogP contribution in [0.3, 0.4) is 0 Å². The van der Waals surface area contributed by atoms with Gasteiger partial charge in [-0.15, -0.1) is 18.2 Å². The SMILES string of the molecule is C#CCSCCNC(=O)[C@@H](N)Cc1c[nH]c2ccccc12. The number of carbonyl (C=O) groups excluding carboxylic acids is 1. The standard InChI is InChI=1S/C16H19N3OS/c1-2-8-21-9-7-18-16(20)14(17)10-12-11-19-15-6-4-3-5-13(12)15/h1,3-6,11,14,19H,7-10,17H2,(H,18,20)/t14-/m0/s1. The monoisotopic (exact) mass is 301 g/mol. The van der Waals surface area contributed by atoms with E-state index in [4.69, 9.17) is 12.2 Å². The molecule has 0 bridgehead atoms. The lowest BCUT2D eigenvalue weighted by Crippen LogP contribution is -2.42. The number of hydrogen-bond donors (Lipinski definition) is 3.